The number of aromatic nitrogens is 1. The van der Waals surface area contributed by atoms with Crippen LogP contribution in [0.3, 0.4) is 0 Å². The van der Waals surface area contributed by atoms with E-state index in [1.165, 1.54) is 17.5 Å². The fourth-order valence-electron chi connectivity index (χ4n) is 0.587. The van der Waals surface area contributed by atoms with E-state index in [-0.39, 0.29) is 11.6 Å². The zero-order valence-corrected chi connectivity index (χ0v) is 10.3. The number of anilines is 1. The summed E-state index contributed by atoms with van der Waals surface area (Å²) in [6.45, 7) is 0. The Balaban J connectivity index is 2.69. The lowest BCUT2D eigenvalue weighted by Crippen LogP contribution is -2.17. The van der Waals surface area contributed by atoms with E-state index in [0.717, 1.165) is 3.79 Å². The van der Waals surface area contributed by atoms with E-state index in [1.807, 2.05) is 0 Å². The van der Waals surface area contributed by atoms with Gasteiger partial charge in [0.05, 0.1) is 15.7 Å². The molecule has 1 aromatic heterocycles. The summed E-state index contributed by atoms with van der Waals surface area (Å²) in [6, 6.07) is 0. The summed E-state index contributed by atoms with van der Waals surface area (Å²) >= 11 is 9.70. The zero-order valence-electron chi connectivity index (χ0n) is 6.33. The van der Waals surface area contributed by atoms with Crippen LogP contribution in [0.25, 0.3) is 0 Å². The molecule has 0 bridgehead atoms. The molecule has 8 heteroatoms. The summed E-state index contributed by atoms with van der Waals surface area (Å²) in [5, 5.41) is 0.344. The van der Waals surface area contributed by atoms with Crippen molar-refractivity contribution in [1.29, 1.82) is 0 Å². The van der Waals surface area contributed by atoms with Crippen molar-refractivity contribution in [3.05, 3.63) is 9.98 Å². The second-order valence-corrected chi connectivity index (χ2v) is 6.71. The third kappa shape index (κ3) is 3.80. The number of nitrogens with one attached hydrogen (secondary N) is 1. The van der Waals surface area contributed by atoms with Crippen LogP contribution in [0.2, 0.25) is 0 Å². The molecule has 0 aliphatic heterocycles. The number of hydrogen-bond acceptors (Lipinski definition) is 4. The molecule has 0 atom stereocenters. The molecular formula is C5H6BrClN2O2S2. The predicted octanol–water partition coefficient (Wildman–Crippen LogP) is 1.89. The van der Waals surface area contributed by atoms with Crippen LogP contribution in [-0.2, 0) is 10.0 Å². The third-order valence-electron chi connectivity index (χ3n) is 1.07. The lowest BCUT2D eigenvalue weighted by Gasteiger charge is -2.00. The molecule has 13 heavy (non-hydrogen) atoms. The molecule has 0 aliphatic carbocycles. The van der Waals surface area contributed by atoms with Crippen LogP contribution in [0, 0.1) is 0 Å². The Morgan fingerprint density at radius 3 is 2.85 bits per heavy atom. The molecule has 0 radical (unpaired) electrons. The molecule has 1 rings (SSSR count). The Hall–Kier alpha value is 0.150. The van der Waals surface area contributed by atoms with Gasteiger partial charge in [-0.25, -0.2) is 13.4 Å². The van der Waals surface area contributed by atoms with Gasteiger partial charge in [-0.2, -0.15) is 0 Å². The third-order valence-corrected chi connectivity index (χ3v) is 4.25. The minimum absolute atomic E-state index is 0.0713. The van der Waals surface area contributed by atoms with Gasteiger partial charge in [-0.1, -0.05) is 11.3 Å². The van der Waals surface area contributed by atoms with Gasteiger partial charge in [-0.15, -0.1) is 11.6 Å². The second-order valence-electron chi connectivity index (χ2n) is 2.08. The monoisotopic (exact) mass is 304 g/mol. The molecule has 1 N–H and O–H groups in total. The summed E-state index contributed by atoms with van der Waals surface area (Å²) < 4.78 is 25.4. The predicted molar refractivity (Wildman–Crippen MR) is 57.9 cm³/mol. The van der Waals surface area contributed by atoms with E-state index in [1.54, 1.807) is 0 Å². The molecule has 0 aromatic carbocycles. The first-order valence-corrected chi connectivity index (χ1v) is 7.01. The van der Waals surface area contributed by atoms with Crippen LogP contribution >= 0.6 is 38.9 Å². The molecule has 0 aliphatic rings. The minimum atomic E-state index is -3.33. The fraction of sp³-hybridized carbons (Fsp3) is 0.400. The number of thiazole rings is 1. The first-order chi connectivity index (χ1) is 6.03. The molecule has 0 amide bonds. The van der Waals surface area contributed by atoms with E-state index in [2.05, 4.69) is 25.6 Å². The molecule has 0 saturated carbocycles. The van der Waals surface area contributed by atoms with Gasteiger partial charge in [-0.05, 0) is 15.9 Å². The summed E-state index contributed by atoms with van der Waals surface area (Å²) in [5.74, 6) is -0.0341. The highest BCUT2D eigenvalue weighted by Gasteiger charge is 2.11. The Kier molecular flexibility index (Phi) is 3.96. The summed E-state index contributed by atoms with van der Waals surface area (Å²) in [6.07, 6.45) is 1.53. The Morgan fingerprint density at radius 2 is 2.38 bits per heavy atom. The average Bonchev–Trinajstić information content (AvgIpc) is 2.34. The molecule has 74 valence electrons. The Morgan fingerprint density at radius 1 is 1.69 bits per heavy atom. The molecular weight excluding hydrogens is 300 g/mol. The van der Waals surface area contributed by atoms with Gasteiger partial charge < -0.3 is 0 Å². The Bertz CT molecular complexity index is 378. The molecule has 1 heterocycles. The van der Waals surface area contributed by atoms with Crippen molar-refractivity contribution in [3.63, 3.8) is 0 Å². The second kappa shape index (κ2) is 4.59. The highest BCUT2D eigenvalue weighted by molar-refractivity contribution is 9.11. The van der Waals surface area contributed by atoms with Crippen LogP contribution in [0.5, 0.6) is 0 Å². The number of halogens is 2. The van der Waals surface area contributed by atoms with Crippen LogP contribution in [-0.4, -0.2) is 25.0 Å². The highest BCUT2D eigenvalue weighted by Crippen LogP contribution is 2.23. The first kappa shape index (κ1) is 11.2. The van der Waals surface area contributed by atoms with E-state index in [9.17, 15) is 8.42 Å². The average molecular weight is 306 g/mol. The largest absolute Gasteiger partial charge is 0.259 e. The van der Waals surface area contributed by atoms with Crippen LogP contribution in [0.15, 0.2) is 9.98 Å². The lowest BCUT2D eigenvalue weighted by molar-refractivity contribution is 0.602. The van der Waals surface area contributed by atoms with Crippen LogP contribution < -0.4 is 4.72 Å². The van der Waals surface area contributed by atoms with Gasteiger partial charge in [-0.3, -0.25) is 4.72 Å². The van der Waals surface area contributed by atoms with Crippen molar-refractivity contribution in [1.82, 2.24) is 4.98 Å². The van der Waals surface area contributed by atoms with Gasteiger partial charge in [0.1, 0.15) is 0 Å². The van der Waals surface area contributed by atoms with Gasteiger partial charge >= 0.3 is 0 Å². The van der Waals surface area contributed by atoms with Crippen molar-refractivity contribution in [2.24, 2.45) is 0 Å². The lowest BCUT2D eigenvalue weighted by atomic mass is 11.0. The van der Waals surface area contributed by atoms with Gasteiger partial charge in [0.15, 0.2) is 5.13 Å². The van der Waals surface area contributed by atoms with Crippen molar-refractivity contribution >= 4 is 54.0 Å². The molecule has 4 nitrogen and oxygen atoms in total. The Labute approximate surface area is 93.5 Å². The van der Waals surface area contributed by atoms with E-state index in [0.29, 0.717) is 5.13 Å². The number of alkyl halides is 1. The van der Waals surface area contributed by atoms with Crippen LogP contribution in [0.1, 0.15) is 0 Å². The standard InChI is InChI=1S/C5H6BrClN2O2S2/c6-4-3-8-5(12-4)9-13(10,11)2-1-7/h3H,1-2H2,(H,8,9). The topological polar surface area (TPSA) is 59.1 Å². The number of hydrogen-bond donors (Lipinski definition) is 1. The summed E-state index contributed by atoms with van der Waals surface area (Å²) in [4.78, 5) is 3.82. The number of sulfonamides is 1. The molecule has 1 aromatic rings. The van der Waals surface area contributed by atoms with Gasteiger partial charge in [0.2, 0.25) is 10.0 Å². The SMILES string of the molecule is O=S(=O)(CCCl)Nc1ncc(Br)s1. The smallest absolute Gasteiger partial charge is 0.235 e. The van der Waals surface area contributed by atoms with Crippen molar-refractivity contribution in [2.75, 3.05) is 16.4 Å². The first-order valence-electron chi connectivity index (χ1n) is 3.21. The normalized spacial score (nSPS) is 11.5. The fourth-order valence-corrected chi connectivity index (χ4v) is 3.33. The van der Waals surface area contributed by atoms with Crippen molar-refractivity contribution < 1.29 is 8.42 Å². The highest BCUT2D eigenvalue weighted by atomic mass is 79.9. The molecule has 0 spiro atoms. The maximum absolute atomic E-state index is 11.2. The maximum atomic E-state index is 11.2. The van der Waals surface area contributed by atoms with Crippen LogP contribution in [0.4, 0.5) is 5.13 Å². The maximum Gasteiger partial charge on any atom is 0.235 e. The number of nitrogens with zero attached hydrogens (tertiary/aromatic N) is 1. The van der Waals surface area contributed by atoms with Crippen molar-refractivity contribution in [3.8, 4) is 0 Å². The molecule has 0 fully saturated rings. The van der Waals surface area contributed by atoms with E-state index >= 15 is 0 Å². The minimum Gasteiger partial charge on any atom is -0.259 e. The molecule has 0 saturated heterocycles. The van der Waals surface area contributed by atoms with Gasteiger partial charge in [0, 0.05) is 5.88 Å². The molecule has 0 unspecified atom stereocenters. The van der Waals surface area contributed by atoms with Gasteiger partial charge in [0.25, 0.3) is 0 Å². The number of rotatable bonds is 4. The zero-order chi connectivity index (χ0) is 9.90. The van der Waals surface area contributed by atoms with Crippen molar-refractivity contribution in [2.45, 2.75) is 0 Å². The summed E-state index contributed by atoms with van der Waals surface area (Å²) in [7, 11) is -3.33. The quantitative estimate of drug-likeness (QED) is 0.864. The van der Waals surface area contributed by atoms with E-state index in [4.69, 9.17) is 11.6 Å². The van der Waals surface area contributed by atoms with E-state index < -0.39 is 10.0 Å². The summed E-state index contributed by atoms with van der Waals surface area (Å²) in [5.41, 5.74) is 0.